The van der Waals surface area contributed by atoms with E-state index < -0.39 is 23.7 Å². The van der Waals surface area contributed by atoms with Gasteiger partial charge in [0.1, 0.15) is 11.5 Å². The van der Waals surface area contributed by atoms with Crippen LogP contribution >= 0.6 is 0 Å². The predicted octanol–water partition coefficient (Wildman–Crippen LogP) is 5.50. The van der Waals surface area contributed by atoms with Gasteiger partial charge in [-0.25, -0.2) is 19.9 Å². The van der Waals surface area contributed by atoms with E-state index >= 15 is 0 Å². The average molecular weight is 470 g/mol. The summed E-state index contributed by atoms with van der Waals surface area (Å²) in [5.41, 5.74) is 1.40. The van der Waals surface area contributed by atoms with Crippen molar-refractivity contribution in [1.29, 1.82) is 0 Å². The molecule has 1 aliphatic heterocycles. The topological polar surface area (TPSA) is 71.9 Å². The molecule has 4 rings (SSSR count). The van der Waals surface area contributed by atoms with Crippen LogP contribution < -0.4 is 0 Å². The number of alkyl halides is 3. The first-order valence-electron chi connectivity index (χ1n) is 11.3. The molecule has 9 heteroatoms. The molecule has 2 aromatic heterocycles. The fourth-order valence-corrected chi connectivity index (χ4v) is 4.78. The molecule has 6 nitrogen and oxygen atoms in total. The molecule has 0 fully saturated rings. The van der Waals surface area contributed by atoms with Crippen LogP contribution in [-0.4, -0.2) is 36.8 Å². The van der Waals surface area contributed by atoms with Crippen LogP contribution in [0.5, 0.6) is 0 Å². The number of rotatable bonds is 4. The first kappa shape index (κ1) is 23.8. The smallest absolute Gasteiger partial charge is 0.327 e. The van der Waals surface area contributed by atoms with Crippen molar-refractivity contribution in [2.24, 2.45) is 0 Å². The lowest BCUT2D eigenvalue weighted by Crippen LogP contribution is -2.47. The number of carbonyl (C=O) groups excluding carboxylic acids is 1. The SMILES string of the molecule is CCC[C@H]1Cc2c(-c3ncccn3)nc(C)nc2[C@@H](C)N1C(=O)c1cccc(C(F)(F)F)c1C. The van der Waals surface area contributed by atoms with Gasteiger partial charge in [-0.2, -0.15) is 13.2 Å². The molecular formula is C25H26F3N5O. The summed E-state index contributed by atoms with van der Waals surface area (Å²) in [6.45, 7) is 7.00. The van der Waals surface area contributed by atoms with Crippen molar-refractivity contribution < 1.29 is 18.0 Å². The van der Waals surface area contributed by atoms with E-state index in [0.29, 0.717) is 35.9 Å². The lowest BCUT2D eigenvalue weighted by molar-refractivity contribution is -0.138. The maximum absolute atomic E-state index is 13.7. The Balaban J connectivity index is 1.83. The van der Waals surface area contributed by atoms with Gasteiger partial charge in [0.15, 0.2) is 5.82 Å². The highest BCUT2D eigenvalue weighted by Crippen LogP contribution is 2.39. The fraction of sp³-hybridized carbons (Fsp3) is 0.400. The molecule has 0 radical (unpaired) electrons. The Kier molecular flexibility index (Phi) is 6.38. The van der Waals surface area contributed by atoms with E-state index in [1.807, 2.05) is 13.8 Å². The molecule has 0 saturated carbocycles. The lowest BCUT2D eigenvalue weighted by atomic mass is 9.87. The number of aryl methyl sites for hydroxylation is 1. The number of nitrogens with zero attached hydrogens (tertiary/aromatic N) is 5. The second kappa shape index (κ2) is 9.12. The normalized spacial score (nSPS) is 18.0. The summed E-state index contributed by atoms with van der Waals surface area (Å²) in [5.74, 6) is 0.582. The van der Waals surface area contributed by atoms with Crippen LogP contribution in [0.25, 0.3) is 11.5 Å². The maximum atomic E-state index is 13.7. The van der Waals surface area contributed by atoms with Gasteiger partial charge in [0.2, 0.25) is 0 Å². The Labute approximate surface area is 196 Å². The zero-order chi connectivity index (χ0) is 24.6. The summed E-state index contributed by atoms with van der Waals surface area (Å²) >= 11 is 0. The van der Waals surface area contributed by atoms with Gasteiger partial charge in [-0.05, 0) is 57.4 Å². The summed E-state index contributed by atoms with van der Waals surface area (Å²) < 4.78 is 40.5. The highest BCUT2D eigenvalue weighted by Gasteiger charge is 2.40. The summed E-state index contributed by atoms with van der Waals surface area (Å²) in [7, 11) is 0. The van der Waals surface area contributed by atoms with E-state index in [1.165, 1.54) is 19.1 Å². The third kappa shape index (κ3) is 4.26. The zero-order valence-electron chi connectivity index (χ0n) is 19.5. The van der Waals surface area contributed by atoms with Crippen LogP contribution in [0, 0.1) is 13.8 Å². The van der Waals surface area contributed by atoms with Crippen molar-refractivity contribution in [2.45, 2.75) is 65.2 Å². The number of amides is 1. The molecule has 3 aromatic rings. The summed E-state index contributed by atoms with van der Waals surface area (Å²) in [6, 6.07) is 4.82. The Morgan fingerprint density at radius 1 is 1.12 bits per heavy atom. The lowest BCUT2D eigenvalue weighted by Gasteiger charge is -2.42. The highest BCUT2D eigenvalue weighted by atomic mass is 19.4. The standard InChI is InChI=1S/C25H26F3N5O/c1-5-8-17-13-19-21(31-16(4)32-22(19)23-29-11-7-12-30-23)15(3)33(17)24(34)18-9-6-10-20(14(18)2)25(26,27)28/h6-7,9-12,15,17H,5,8,13H2,1-4H3/t15-,17+/m1/s1. The Morgan fingerprint density at radius 2 is 1.82 bits per heavy atom. The number of benzene rings is 1. The van der Waals surface area contributed by atoms with Gasteiger partial charge in [-0.15, -0.1) is 0 Å². The molecule has 1 amide bonds. The van der Waals surface area contributed by atoms with Crippen LogP contribution in [0.1, 0.15) is 71.3 Å². The molecule has 0 aliphatic carbocycles. The van der Waals surface area contributed by atoms with E-state index in [-0.39, 0.29) is 17.2 Å². The third-order valence-corrected chi connectivity index (χ3v) is 6.30. The number of aromatic nitrogens is 4. The molecule has 0 unspecified atom stereocenters. The Hall–Kier alpha value is -3.36. The van der Waals surface area contributed by atoms with E-state index in [0.717, 1.165) is 18.1 Å². The molecule has 0 spiro atoms. The quantitative estimate of drug-likeness (QED) is 0.505. The van der Waals surface area contributed by atoms with E-state index in [2.05, 4.69) is 19.9 Å². The summed E-state index contributed by atoms with van der Waals surface area (Å²) in [4.78, 5) is 33.4. The minimum atomic E-state index is -4.53. The van der Waals surface area contributed by atoms with Crippen molar-refractivity contribution in [1.82, 2.24) is 24.8 Å². The second-order valence-corrected chi connectivity index (χ2v) is 8.57. The molecular weight excluding hydrogens is 443 g/mol. The van der Waals surface area contributed by atoms with Gasteiger partial charge in [-0.3, -0.25) is 4.79 Å². The van der Waals surface area contributed by atoms with Gasteiger partial charge in [0.25, 0.3) is 5.91 Å². The largest absolute Gasteiger partial charge is 0.416 e. The van der Waals surface area contributed by atoms with Gasteiger partial charge in [0, 0.05) is 29.6 Å². The monoisotopic (exact) mass is 469 g/mol. The second-order valence-electron chi connectivity index (χ2n) is 8.57. The predicted molar refractivity (Wildman–Crippen MR) is 121 cm³/mol. The summed E-state index contributed by atoms with van der Waals surface area (Å²) in [5, 5.41) is 0. The van der Waals surface area contributed by atoms with Crippen molar-refractivity contribution in [2.75, 3.05) is 0 Å². The minimum Gasteiger partial charge on any atom is -0.327 e. The van der Waals surface area contributed by atoms with Crippen LogP contribution in [0.3, 0.4) is 0 Å². The molecule has 0 N–H and O–H groups in total. The molecule has 0 saturated heterocycles. The van der Waals surface area contributed by atoms with Gasteiger partial charge in [-0.1, -0.05) is 19.4 Å². The minimum absolute atomic E-state index is 0.0589. The molecule has 3 heterocycles. The van der Waals surface area contributed by atoms with E-state index in [9.17, 15) is 18.0 Å². The fourth-order valence-electron chi connectivity index (χ4n) is 4.78. The van der Waals surface area contributed by atoms with Gasteiger partial charge >= 0.3 is 6.18 Å². The van der Waals surface area contributed by atoms with Crippen molar-refractivity contribution in [3.63, 3.8) is 0 Å². The number of hydrogen-bond donors (Lipinski definition) is 0. The van der Waals surface area contributed by atoms with Gasteiger partial charge in [0.05, 0.1) is 17.3 Å². The molecule has 1 aromatic carbocycles. The van der Waals surface area contributed by atoms with Crippen molar-refractivity contribution in [3.8, 4) is 11.5 Å². The van der Waals surface area contributed by atoms with E-state index in [1.54, 1.807) is 30.3 Å². The first-order valence-corrected chi connectivity index (χ1v) is 11.3. The van der Waals surface area contributed by atoms with E-state index in [4.69, 9.17) is 0 Å². The molecule has 0 bridgehead atoms. The van der Waals surface area contributed by atoms with Gasteiger partial charge < -0.3 is 4.90 Å². The Bertz CT molecular complexity index is 1210. The number of hydrogen-bond acceptors (Lipinski definition) is 5. The van der Waals surface area contributed by atoms with Crippen LogP contribution in [0.2, 0.25) is 0 Å². The average Bonchev–Trinajstić information content (AvgIpc) is 2.79. The van der Waals surface area contributed by atoms with Crippen LogP contribution in [-0.2, 0) is 12.6 Å². The molecule has 178 valence electrons. The molecule has 1 aliphatic rings. The third-order valence-electron chi connectivity index (χ3n) is 6.30. The summed E-state index contributed by atoms with van der Waals surface area (Å²) in [6.07, 6.45) is 0.740. The van der Waals surface area contributed by atoms with Crippen molar-refractivity contribution >= 4 is 5.91 Å². The number of fused-ring (bicyclic) bond motifs is 1. The maximum Gasteiger partial charge on any atom is 0.416 e. The first-order chi connectivity index (χ1) is 16.1. The number of carbonyl (C=O) groups is 1. The Morgan fingerprint density at radius 3 is 2.47 bits per heavy atom. The van der Waals surface area contributed by atoms with Crippen LogP contribution in [0.15, 0.2) is 36.7 Å². The highest BCUT2D eigenvalue weighted by molar-refractivity contribution is 5.96. The van der Waals surface area contributed by atoms with Crippen molar-refractivity contribution in [3.05, 3.63) is 70.4 Å². The van der Waals surface area contributed by atoms with Crippen LogP contribution in [0.4, 0.5) is 13.2 Å². The molecule has 34 heavy (non-hydrogen) atoms. The molecule has 2 atom stereocenters. The number of halogens is 3. The zero-order valence-corrected chi connectivity index (χ0v) is 19.5.